The quantitative estimate of drug-likeness (QED) is 0.561. The minimum absolute atomic E-state index is 0.00377. The Morgan fingerprint density at radius 1 is 1.21 bits per heavy atom. The van der Waals surface area contributed by atoms with Gasteiger partial charge in [0.15, 0.2) is 6.19 Å². The van der Waals surface area contributed by atoms with Crippen molar-refractivity contribution in [2.45, 2.75) is 31.4 Å². The highest BCUT2D eigenvalue weighted by Gasteiger charge is 2.50. The van der Waals surface area contributed by atoms with Crippen LogP contribution < -0.4 is 4.74 Å². The molecule has 0 N–H and O–H groups in total. The molecular formula is C22H22F2N8O. The Labute approximate surface area is 189 Å². The number of rotatable bonds is 4. The van der Waals surface area contributed by atoms with Gasteiger partial charge in [0.2, 0.25) is 0 Å². The van der Waals surface area contributed by atoms with Crippen molar-refractivity contribution >= 4 is 5.52 Å². The van der Waals surface area contributed by atoms with Crippen LogP contribution in [0.3, 0.4) is 0 Å². The molecule has 3 aromatic heterocycles. The van der Waals surface area contributed by atoms with Crippen molar-refractivity contribution < 1.29 is 13.5 Å². The first-order valence-corrected chi connectivity index (χ1v) is 10.6. The minimum Gasteiger partial charge on any atom is -0.494 e. The number of fused-ring (bicyclic) bond motifs is 1. The number of ether oxygens (including phenoxy) is 1. The number of aromatic nitrogens is 4. The largest absolute Gasteiger partial charge is 0.494 e. The van der Waals surface area contributed by atoms with Crippen molar-refractivity contribution in [3.8, 4) is 29.1 Å². The van der Waals surface area contributed by atoms with E-state index in [0.717, 1.165) is 21.7 Å². The first kappa shape index (κ1) is 21.2. The molecule has 2 aliphatic heterocycles. The molecule has 33 heavy (non-hydrogen) atoms. The second-order valence-electron chi connectivity index (χ2n) is 8.54. The molecule has 170 valence electrons. The smallest absolute Gasteiger partial charge is 0.281 e. The van der Waals surface area contributed by atoms with Gasteiger partial charge in [0.1, 0.15) is 22.9 Å². The normalized spacial score (nSPS) is 20.9. The van der Waals surface area contributed by atoms with Crippen molar-refractivity contribution in [1.29, 1.82) is 10.5 Å². The summed E-state index contributed by atoms with van der Waals surface area (Å²) in [4.78, 5) is 2.92. The van der Waals surface area contributed by atoms with E-state index in [2.05, 4.69) is 16.3 Å². The fourth-order valence-electron chi connectivity index (χ4n) is 4.90. The Balaban J connectivity index is 1.36. The van der Waals surface area contributed by atoms with Crippen LogP contribution in [0.15, 0.2) is 24.7 Å². The molecule has 0 aliphatic carbocycles. The number of nitriles is 2. The molecule has 0 aromatic carbocycles. The molecule has 3 aromatic rings. The van der Waals surface area contributed by atoms with E-state index in [9.17, 15) is 14.0 Å². The third-order valence-electron chi connectivity index (χ3n) is 6.65. The number of halogens is 2. The minimum atomic E-state index is -2.92. The maximum absolute atomic E-state index is 14.5. The van der Waals surface area contributed by atoms with Crippen LogP contribution in [-0.4, -0.2) is 74.4 Å². The Hall–Kier alpha value is -3.70. The summed E-state index contributed by atoms with van der Waals surface area (Å²) in [6, 6.07) is 3.12. The monoisotopic (exact) mass is 452 g/mol. The van der Waals surface area contributed by atoms with Gasteiger partial charge in [0, 0.05) is 42.7 Å². The Bertz CT molecular complexity index is 1290. The van der Waals surface area contributed by atoms with E-state index >= 15 is 0 Å². The van der Waals surface area contributed by atoms with Gasteiger partial charge in [-0.1, -0.05) is 0 Å². The second kappa shape index (κ2) is 7.71. The zero-order valence-electron chi connectivity index (χ0n) is 18.2. The van der Waals surface area contributed by atoms with E-state index in [1.807, 2.05) is 30.1 Å². The highest BCUT2D eigenvalue weighted by molar-refractivity contribution is 5.75. The van der Waals surface area contributed by atoms with E-state index in [0.29, 0.717) is 36.5 Å². The standard InChI is InChI=1S/C22H22F2N8O/c1-14-18(15-5-19(33-2)21-16(6-25)7-27-31(21)9-15)8-28-32(14)17-10-30(11-17)20-3-4-29(13-26)12-22(20,23)24/h5,7-9,17,20H,3-4,10-12H2,1-2H3/t20-/m0/s1. The number of alkyl halides is 2. The third kappa shape index (κ3) is 3.36. The van der Waals surface area contributed by atoms with Gasteiger partial charge in [-0.3, -0.25) is 9.58 Å². The van der Waals surface area contributed by atoms with Crippen LogP contribution in [0.2, 0.25) is 0 Å². The maximum atomic E-state index is 14.5. The molecule has 2 saturated heterocycles. The number of hydrogen-bond acceptors (Lipinski definition) is 7. The van der Waals surface area contributed by atoms with Gasteiger partial charge in [-0.05, 0) is 19.4 Å². The van der Waals surface area contributed by atoms with E-state index < -0.39 is 18.5 Å². The van der Waals surface area contributed by atoms with Crippen LogP contribution in [0.4, 0.5) is 8.78 Å². The molecule has 9 nitrogen and oxygen atoms in total. The first-order valence-electron chi connectivity index (χ1n) is 10.6. The summed E-state index contributed by atoms with van der Waals surface area (Å²) in [5, 5.41) is 27.0. The molecule has 0 unspecified atom stereocenters. The Morgan fingerprint density at radius 2 is 2.00 bits per heavy atom. The van der Waals surface area contributed by atoms with Crippen LogP contribution in [-0.2, 0) is 0 Å². The van der Waals surface area contributed by atoms with Gasteiger partial charge in [-0.15, -0.1) is 0 Å². The molecule has 2 aliphatic rings. The number of hydrogen-bond donors (Lipinski definition) is 0. The number of nitrogens with zero attached hydrogens (tertiary/aromatic N) is 8. The first-order chi connectivity index (χ1) is 15.9. The molecule has 5 rings (SSSR count). The van der Waals surface area contributed by atoms with Crippen LogP contribution >= 0.6 is 0 Å². The van der Waals surface area contributed by atoms with Crippen LogP contribution in [0.1, 0.15) is 23.7 Å². The lowest BCUT2D eigenvalue weighted by molar-refractivity contribution is -0.140. The van der Waals surface area contributed by atoms with E-state index in [4.69, 9.17) is 10.00 Å². The Kier molecular flexibility index (Phi) is 4.94. The van der Waals surface area contributed by atoms with E-state index in [-0.39, 0.29) is 12.5 Å². The van der Waals surface area contributed by atoms with Crippen molar-refractivity contribution in [3.05, 3.63) is 35.9 Å². The predicted octanol–water partition coefficient (Wildman–Crippen LogP) is 2.43. The van der Waals surface area contributed by atoms with Gasteiger partial charge in [0.05, 0.1) is 38.1 Å². The SMILES string of the molecule is COc1cc(-c2cnn(C3CN([C@H]4CCN(C#N)CC4(F)F)C3)c2C)cn2ncc(C#N)c12. The number of methoxy groups -OCH3 is 1. The second-order valence-corrected chi connectivity index (χ2v) is 8.54. The van der Waals surface area contributed by atoms with E-state index in [1.165, 1.54) is 6.20 Å². The number of piperidine rings is 1. The summed E-state index contributed by atoms with van der Waals surface area (Å²) in [5.74, 6) is -2.38. The molecule has 0 spiro atoms. The summed E-state index contributed by atoms with van der Waals surface area (Å²) >= 11 is 0. The fraction of sp³-hybridized carbons (Fsp3) is 0.455. The van der Waals surface area contributed by atoms with Crippen LogP contribution in [0.5, 0.6) is 5.75 Å². The molecule has 1 atom stereocenters. The third-order valence-corrected chi connectivity index (χ3v) is 6.65. The molecular weight excluding hydrogens is 430 g/mol. The molecule has 5 heterocycles. The Morgan fingerprint density at radius 3 is 2.67 bits per heavy atom. The lowest BCUT2D eigenvalue weighted by atomic mass is 9.94. The average molecular weight is 452 g/mol. The molecule has 0 amide bonds. The highest BCUT2D eigenvalue weighted by Crippen LogP contribution is 2.38. The average Bonchev–Trinajstić information content (AvgIpc) is 3.36. The van der Waals surface area contributed by atoms with Crippen LogP contribution in [0.25, 0.3) is 16.6 Å². The van der Waals surface area contributed by atoms with Gasteiger partial charge >= 0.3 is 0 Å². The predicted molar refractivity (Wildman–Crippen MR) is 114 cm³/mol. The van der Waals surface area contributed by atoms with Crippen molar-refractivity contribution in [2.24, 2.45) is 0 Å². The van der Waals surface area contributed by atoms with E-state index in [1.54, 1.807) is 22.7 Å². The number of likely N-dealkylation sites (tertiary alicyclic amines) is 2. The topological polar surface area (TPSA) is 98.4 Å². The van der Waals surface area contributed by atoms with Gasteiger partial charge in [-0.2, -0.15) is 20.7 Å². The molecule has 11 heteroatoms. The molecule has 0 bridgehead atoms. The van der Waals surface area contributed by atoms with Gasteiger partial charge in [-0.25, -0.2) is 13.3 Å². The lowest BCUT2D eigenvalue weighted by Gasteiger charge is -2.49. The zero-order chi connectivity index (χ0) is 23.3. The van der Waals surface area contributed by atoms with Crippen molar-refractivity contribution in [2.75, 3.05) is 33.3 Å². The summed E-state index contributed by atoms with van der Waals surface area (Å²) in [6.45, 7) is 2.76. The summed E-state index contributed by atoms with van der Waals surface area (Å²) in [5.41, 5.74) is 3.67. The molecule has 2 fully saturated rings. The maximum Gasteiger partial charge on any atom is 0.281 e. The molecule has 0 radical (unpaired) electrons. The summed E-state index contributed by atoms with van der Waals surface area (Å²) in [6.07, 6.45) is 7.18. The fourth-order valence-corrected chi connectivity index (χ4v) is 4.90. The lowest BCUT2D eigenvalue weighted by Crippen LogP contribution is -2.63. The number of pyridine rings is 1. The van der Waals surface area contributed by atoms with Crippen LogP contribution in [0, 0.1) is 29.7 Å². The summed E-state index contributed by atoms with van der Waals surface area (Å²) < 4.78 is 38.1. The van der Waals surface area contributed by atoms with Gasteiger partial charge in [0.25, 0.3) is 5.92 Å². The molecule has 0 saturated carbocycles. The van der Waals surface area contributed by atoms with Crippen molar-refractivity contribution in [3.63, 3.8) is 0 Å². The summed E-state index contributed by atoms with van der Waals surface area (Å²) in [7, 11) is 1.55. The van der Waals surface area contributed by atoms with Crippen molar-refractivity contribution in [1.82, 2.24) is 29.2 Å². The highest BCUT2D eigenvalue weighted by atomic mass is 19.3. The van der Waals surface area contributed by atoms with Gasteiger partial charge < -0.3 is 9.64 Å². The zero-order valence-corrected chi connectivity index (χ0v) is 18.2.